The van der Waals surface area contributed by atoms with E-state index in [4.69, 9.17) is 10.5 Å². The third kappa shape index (κ3) is 2.98. The third-order valence-electron chi connectivity index (χ3n) is 3.05. The molecule has 112 valence electrons. The van der Waals surface area contributed by atoms with E-state index in [9.17, 15) is 8.42 Å². The summed E-state index contributed by atoms with van der Waals surface area (Å²) in [5.74, 6) is 0.484. The van der Waals surface area contributed by atoms with Crippen molar-refractivity contribution in [3.8, 4) is 5.75 Å². The van der Waals surface area contributed by atoms with Crippen LogP contribution in [0.1, 0.15) is 0 Å². The van der Waals surface area contributed by atoms with Gasteiger partial charge in [0.1, 0.15) is 5.75 Å². The van der Waals surface area contributed by atoms with E-state index in [0.29, 0.717) is 21.6 Å². The molecule has 0 fully saturated rings. The zero-order valence-electron chi connectivity index (χ0n) is 11.6. The van der Waals surface area contributed by atoms with Crippen LogP contribution in [0.4, 0.5) is 11.4 Å². The number of anilines is 2. The zero-order chi connectivity index (χ0) is 15.6. The summed E-state index contributed by atoms with van der Waals surface area (Å²) in [6, 6.07) is 11.4. The van der Waals surface area contributed by atoms with E-state index in [1.54, 1.807) is 30.3 Å². The van der Waals surface area contributed by atoms with Gasteiger partial charge in [0.15, 0.2) is 0 Å². The van der Waals surface area contributed by atoms with Crippen molar-refractivity contribution in [1.82, 2.24) is 0 Å². The van der Waals surface area contributed by atoms with Gasteiger partial charge in [0.25, 0.3) is 10.0 Å². The first-order chi connectivity index (χ1) is 9.87. The number of nitrogens with zero attached hydrogens (tertiary/aromatic N) is 1. The van der Waals surface area contributed by atoms with Crippen molar-refractivity contribution in [2.75, 3.05) is 24.2 Å². The maximum absolute atomic E-state index is 12.7. The number of para-hydroxylation sites is 2. The van der Waals surface area contributed by atoms with Crippen LogP contribution in [0, 0.1) is 0 Å². The van der Waals surface area contributed by atoms with Gasteiger partial charge in [0, 0.05) is 17.2 Å². The molecular weight excluding hydrogens is 356 g/mol. The molecule has 2 rings (SSSR count). The van der Waals surface area contributed by atoms with Crippen molar-refractivity contribution in [3.63, 3.8) is 0 Å². The fourth-order valence-corrected chi connectivity index (χ4v) is 3.61. The number of benzene rings is 2. The van der Waals surface area contributed by atoms with Gasteiger partial charge in [-0.2, -0.15) is 0 Å². The number of hydrogen-bond donors (Lipinski definition) is 1. The second-order valence-corrected chi connectivity index (χ2v) is 7.15. The van der Waals surface area contributed by atoms with Gasteiger partial charge < -0.3 is 10.5 Å². The lowest BCUT2D eigenvalue weighted by Gasteiger charge is -2.21. The fourth-order valence-electron chi connectivity index (χ4n) is 1.85. The van der Waals surface area contributed by atoms with Gasteiger partial charge in [0.2, 0.25) is 0 Å². The average Bonchev–Trinajstić information content (AvgIpc) is 2.49. The second kappa shape index (κ2) is 5.95. The molecule has 0 aliphatic carbocycles. The van der Waals surface area contributed by atoms with Gasteiger partial charge in [-0.3, -0.25) is 4.31 Å². The quantitative estimate of drug-likeness (QED) is 0.839. The fraction of sp³-hybridized carbons (Fsp3) is 0.143. The van der Waals surface area contributed by atoms with E-state index in [-0.39, 0.29) is 4.90 Å². The molecule has 21 heavy (non-hydrogen) atoms. The molecule has 2 N–H and O–H groups in total. The van der Waals surface area contributed by atoms with Gasteiger partial charge in [0.05, 0.1) is 17.7 Å². The molecule has 2 aromatic rings. The molecule has 0 atom stereocenters. The Bertz CT molecular complexity index is 763. The van der Waals surface area contributed by atoms with Gasteiger partial charge in [-0.05, 0) is 46.3 Å². The molecular formula is C14H15BrN2O3S. The Hall–Kier alpha value is -1.73. The standard InChI is InChI=1S/C14H15BrN2O3S/c1-17(13-5-3-4-6-14(13)20-2)21(18,19)10-7-8-12(16)11(15)9-10/h3-9H,16H2,1-2H3. The highest BCUT2D eigenvalue weighted by atomic mass is 79.9. The lowest BCUT2D eigenvalue weighted by molar-refractivity contribution is 0.416. The van der Waals surface area contributed by atoms with Crippen molar-refractivity contribution in [2.24, 2.45) is 0 Å². The van der Waals surface area contributed by atoms with Crippen LogP contribution in [-0.2, 0) is 10.0 Å². The lowest BCUT2D eigenvalue weighted by Crippen LogP contribution is -2.27. The molecule has 5 nitrogen and oxygen atoms in total. The summed E-state index contributed by atoms with van der Waals surface area (Å²) >= 11 is 3.24. The van der Waals surface area contributed by atoms with Crippen LogP contribution < -0.4 is 14.8 Å². The Kier molecular flexibility index (Phi) is 4.43. The smallest absolute Gasteiger partial charge is 0.264 e. The normalized spacial score (nSPS) is 11.2. The van der Waals surface area contributed by atoms with E-state index in [1.165, 1.54) is 30.6 Å². The van der Waals surface area contributed by atoms with Crippen molar-refractivity contribution < 1.29 is 13.2 Å². The molecule has 2 aromatic carbocycles. The summed E-state index contributed by atoms with van der Waals surface area (Å²) in [6.45, 7) is 0. The third-order valence-corrected chi connectivity index (χ3v) is 5.51. The molecule has 0 aliphatic rings. The number of ether oxygens (including phenoxy) is 1. The highest BCUT2D eigenvalue weighted by Gasteiger charge is 2.24. The first-order valence-electron chi connectivity index (χ1n) is 6.05. The molecule has 0 spiro atoms. The predicted molar refractivity (Wildman–Crippen MR) is 87.1 cm³/mol. The Balaban J connectivity index is 2.50. The first-order valence-corrected chi connectivity index (χ1v) is 8.28. The summed E-state index contributed by atoms with van der Waals surface area (Å²) in [7, 11) is -0.713. The Morgan fingerprint density at radius 3 is 2.48 bits per heavy atom. The van der Waals surface area contributed by atoms with Crippen LogP contribution in [-0.4, -0.2) is 22.6 Å². The second-order valence-electron chi connectivity index (χ2n) is 4.33. The Morgan fingerprint density at radius 2 is 1.86 bits per heavy atom. The molecule has 0 aromatic heterocycles. The van der Waals surface area contributed by atoms with E-state index in [1.807, 2.05) is 0 Å². The Morgan fingerprint density at radius 1 is 1.19 bits per heavy atom. The molecule has 0 bridgehead atoms. The summed E-state index contributed by atoms with van der Waals surface area (Å²) in [5.41, 5.74) is 6.64. The molecule has 0 radical (unpaired) electrons. The minimum absolute atomic E-state index is 0.150. The van der Waals surface area contributed by atoms with E-state index in [0.717, 1.165) is 0 Å². The van der Waals surface area contributed by atoms with Crippen LogP contribution >= 0.6 is 15.9 Å². The number of halogens is 1. The summed E-state index contributed by atoms with van der Waals surface area (Å²) in [6.07, 6.45) is 0. The molecule has 7 heteroatoms. The SMILES string of the molecule is COc1ccccc1N(C)S(=O)(=O)c1ccc(N)c(Br)c1. The molecule has 0 heterocycles. The van der Waals surface area contributed by atoms with E-state index >= 15 is 0 Å². The van der Waals surface area contributed by atoms with E-state index < -0.39 is 10.0 Å². The number of nitrogens with two attached hydrogens (primary N) is 1. The van der Waals surface area contributed by atoms with Gasteiger partial charge >= 0.3 is 0 Å². The first kappa shape index (κ1) is 15.7. The summed E-state index contributed by atoms with van der Waals surface area (Å²) in [4.78, 5) is 0.150. The molecule has 0 aliphatic heterocycles. The highest BCUT2D eigenvalue weighted by Crippen LogP contribution is 2.32. The molecule has 0 amide bonds. The van der Waals surface area contributed by atoms with Crippen molar-refractivity contribution in [2.45, 2.75) is 4.90 Å². The number of methoxy groups -OCH3 is 1. The topological polar surface area (TPSA) is 72.6 Å². The minimum atomic E-state index is -3.70. The highest BCUT2D eigenvalue weighted by molar-refractivity contribution is 9.10. The number of sulfonamides is 1. The maximum Gasteiger partial charge on any atom is 0.264 e. The van der Waals surface area contributed by atoms with Crippen molar-refractivity contribution >= 4 is 37.3 Å². The summed E-state index contributed by atoms with van der Waals surface area (Å²) < 4.78 is 32.3. The van der Waals surface area contributed by atoms with Crippen LogP contribution in [0.15, 0.2) is 51.8 Å². The van der Waals surface area contributed by atoms with Crippen molar-refractivity contribution in [1.29, 1.82) is 0 Å². The predicted octanol–water partition coefficient (Wildman–Crippen LogP) is 2.87. The number of rotatable bonds is 4. The van der Waals surface area contributed by atoms with Crippen LogP contribution in [0.3, 0.4) is 0 Å². The number of hydrogen-bond acceptors (Lipinski definition) is 4. The minimum Gasteiger partial charge on any atom is -0.495 e. The Labute approximate surface area is 132 Å². The molecule has 0 unspecified atom stereocenters. The number of nitrogen functional groups attached to an aromatic ring is 1. The van der Waals surface area contributed by atoms with Crippen molar-refractivity contribution in [3.05, 3.63) is 46.9 Å². The van der Waals surface area contributed by atoms with Gasteiger partial charge in [-0.25, -0.2) is 8.42 Å². The van der Waals surface area contributed by atoms with Gasteiger partial charge in [-0.15, -0.1) is 0 Å². The summed E-state index contributed by atoms with van der Waals surface area (Å²) in [5, 5.41) is 0. The molecule has 0 saturated carbocycles. The van der Waals surface area contributed by atoms with Crippen LogP contribution in [0.5, 0.6) is 5.75 Å². The lowest BCUT2D eigenvalue weighted by atomic mass is 10.3. The van der Waals surface area contributed by atoms with Gasteiger partial charge in [-0.1, -0.05) is 12.1 Å². The molecule has 0 saturated heterocycles. The monoisotopic (exact) mass is 370 g/mol. The van der Waals surface area contributed by atoms with Crippen LogP contribution in [0.25, 0.3) is 0 Å². The zero-order valence-corrected chi connectivity index (χ0v) is 14.0. The average molecular weight is 371 g/mol. The van der Waals surface area contributed by atoms with Crippen LogP contribution in [0.2, 0.25) is 0 Å². The van der Waals surface area contributed by atoms with E-state index in [2.05, 4.69) is 15.9 Å². The maximum atomic E-state index is 12.7. The largest absolute Gasteiger partial charge is 0.495 e.